The lowest BCUT2D eigenvalue weighted by molar-refractivity contribution is 0.668. The van der Waals surface area contributed by atoms with Gasteiger partial charge < -0.3 is 4.42 Å². The SMILES string of the molecule is N#Cc1cccc2c1oc1cc3c(ccc4ccccc43)cc12. The minimum atomic E-state index is 0.576. The van der Waals surface area contributed by atoms with E-state index in [9.17, 15) is 5.26 Å². The average Bonchev–Trinajstić information content (AvgIpc) is 2.97. The normalized spacial score (nSPS) is 11.4. The second kappa shape index (κ2) is 4.34. The zero-order valence-electron chi connectivity index (χ0n) is 12.2. The van der Waals surface area contributed by atoms with Crippen LogP contribution >= 0.6 is 0 Å². The summed E-state index contributed by atoms with van der Waals surface area (Å²) in [4.78, 5) is 0. The Labute approximate surface area is 132 Å². The minimum Gasteiger partial charge on any atom is -0.455 e. The Morgan fingerprint density at radius 2 is 1.52 bits per heavy atom. The zero-order valence-corrected chi connectivity index (χ0v) is 12.2. The van der Waals surface area contributed by atoms with Crippen LogP contribution in [0.25, 0.3) is 43.5 Å². The summed E-state index contributed by atoms with van der Waals surface area (Å²) < 4.78 is 6.01. The van der Waals surface area contributed by atoms with Crippen molar-refractivity contribution in [1.29, 1.82) is 5.26 Å². The monoisotopic (exact) mass is 293 g/mol. The van der Waals surface area contributed by atoms with Crippen molar-refractivity contribution in [3.8, 4) is 6.07 Å². The molecule has 0 fully saturated rings. The minimum absolute atomic E-state index is 0.576. The van der Waals surface area contributed by atoms with Crippen LogP contribution in [0.3, 0.4) is 0 Å². The molecule has 1 heterocycles. The van der Waals surface area contributed by atoms with Crippen LogP contribution in [0.1, 0.15) is 5.56 Å². The first-order chi connectivity index (χ1) is 11.3. The summed E-state index contributed by atoms with van der Waals surface area (Å²) in [6.45, 7) is 0. The maximum Gasteiger partial charge on any atom is 0.153 e. The molecule has 2 nitrogen and oxygen atoms in total. The van der Waals surface area contributed by atoms with Crippen LogP contribution < -0.4 is 0 Å². The van der Waals surface area contributed by atoms with E-state index in [1.807, 2.05) is 18.2 Å². The van der Waals surface area contributed by atoms with Crippen molar-refractivity contribution in [3.63, 3.8) is 0 Å². The van der Waals surface area contributed by atoms with Gasteiger partial charge >= 0.3 is 0 Å². The molecule has 23 heavy (non-hydrogen) atoms. The molecule has 0 aliphatic carbocycles. The largest absolute Gasteiger partial charge is 0.455 e. The van der Waals surface area contributed by atoms with Crippen LogP contribution in [-0.2, 0) is 0 Å². The van der Waals surface area contributed by atoms with Crippen molar-refractivity contribution in [2.75, 3.05) is 0 Å². The van der Waals surface area contributed by atoms with Crippen LogP contribution in [-0.4, -0.2) is 0 Å². The maximum atomic E-state index is 9.28. The molecule has 0 atom stereocenters. The molecule has 0 radical (unpaired) electrons. The molecule has 106 valence electrons. The van der Waals surface area contributed by atoms with Gasteiger partial charge in [-0.25, -0.2) is 0 Å². The lowest BCUT2D eigenvalue weighted by Crippen LogP contribution is -1.77. The van der Waals surface area contributed by atoms with Crippen molar-refractivity contribution in [3.05, 3.63) is 72.3 Å². The summed E-state index contributed by atoms with van der Waals surface area (Å²) in [5.74, 6) is 0. The third kappa shape index (κ3) is 1.62. The molecule has 0 spiro atoms. The van der Waals surface area contributed by atoms with Gasteiger partial charge in [0.25, 0.3) is 0 Å². The highest BCUT2D eigenvalue weighted by molar-refractivity contribution is 6.16. The molecule has 4 aromatic carbocycles. The van der Waals surface area contributed by atoms with Crippen molar-refractivity contribution >= 4 is 43.5 Å². The molecular formula is C21H11NO. The number of para-hydroxylation sites is 1. The number of furan rings is 1. The summed E-state index contributed by atoms with van der Waals surface area (Å²) in [7, 11) is 0. The highest BCUT2D eigenvalue weighted by atomic mass is 16.3. The van der Waals surface area contributed by atoms with Gasteiger partial charge in [-0.05, 0) is 39.7 Å². The predicted octanol–water partition coefficient (Wildman–Crippen LogP) is 5.76. The lowest BCUT2D eigenvalue weighted by atomic mass is 10.00. The van der Waals surface area contributed by atoms with Gasteiger partial charge in [-0.15, -0.1) is 0 Å². The third-order valence-corrected chi connectivity index (χ3v) is 4.48. The Kier molecular flexibility index (Phi) is 2.32. The Morgan fingerprint density at radius 3 is 2.43 bits per heavy atom. The third-order valence-electron chi connectivity index (χ3n) is 4.48. The van der Waals surface area contributed by atoms with E-state index in [1.54, 1.807) is 6.07 Å². The Hall–Kier alpha value is -3.31. The maximum absolute atomic E-state index is 9.28. The van der Waals surface area contributed by atoms with Gasteiger partial charge in [-0.3, -0.25) is 0 Å². The number of nitriles is 1. The molecule has 0 aliphatic heterocycles. The van der Waals surface area contributed by atoms with Gasteiger partial charge in [0, 0.05) is 10.8 Å². The predicted molar refractivity (Wildman–Crippen MR) is 93.4 cm³/mol. The zero-order chi connectivity index (χ0) is 15.4. The van der Waals surface area contributed by atoms with E-state index in [0.717, 1.165) is 16.4 Å². The standard InChI is InChI=1S/C21H11NO/c22-12-15-5-3-7-17-19-10-14-9-8-13-4-1-2-6-16(13)18(14)11-20(19)23-21(15)17/h1-11H. The fourth-order valence-corrected chi connectivity index (χ4v) is 3.39. The van der Waals surface area contributed by atoms with E-state index in [1.165, 1.54) is 21.5 Å². The number of nitrogens with zero attached hydrogens (tertiary/aromatic N) is 1. The van der Waals surface area contributed by atoms with Crippen LogP contribution in [0, 0.1) is 11.3 Å². The number of hydrogen-bond acceptors (Lipinski definition) is 2. The summed E-state index contributed by atoms with van der Waals surface area (Å²) in [6.07, 6.45) is 0. The molecule has 5 aromatic rings. The Morgan fingerprint density at radius 1 is 0.696 bits per heavy atom. The van der Waals surface area contributed by atoms with E-state index in [4.69, 9.17) is 4.42 Å². The van der Waals surface area contributed by atoms with Crippen molar-refractivity contribution in [2.24, 2.45) is 0 Å². The van der Waals surface area contributed by atoms with E-state index in [-0.39, 0.29) is 0 Å². The van der Waals surface area contributed by atoms with Gasteiger partial charge in [0.05, 0.1) is 5.56 Å². The molecule has 2 heteroatoms. The fourth-order valence-electron chi connectivity index (χ4n) is 3.39. The first-order valence-electron chi connectivity index (χ1n) is 7.52. The number of benzene rings is 4. The molecule has 0 bridgehead atoms. The summed E-state index contributed by atoms with van der Waals surface area (Å²) in [5, 5.41) is 16.1. The van der Waals surface area contributed by atoms with Crippen LogP contribution in [0.4, 0.5) is 0 Å². The molecular weight excluding hydrogens is 282 g/mol. The smallest absolute Gasteiger partial charge is 0.153 e. The summed E-state index contributed by atoms with van der Waals surface area (Å²) in [5.41, 5.74) is 2.07. The van der Waals surface area contributed by atoms with Gasteiger partial charge in [0.1, 0.15) is 11.7 Å². The van der Waals surface area contributed by atoms with E-state index in [0.29, 0.717) is 11.1 Å². The highest BCUT2D eigenvalue weighted by Crippen LogP contribution is 2.35. The van der Waals surface area contributed by atoms with E-state index < -0.39 is 0 Å². The number of rotatable bonds is 0. The Balaban J connectivity index is 2.01. The van der Waals surface area contributed by atoms with Crippen LogP contribution in [0.5, 0.6) is 0 Å². The quantitative estimate of drug-likeness (QED) is 0.340. The molecule has 0 N–H and O–H groups in total. The molecule has 5 rings (SSSR count). The van der Waals surface area contributed by atoms with Gasteiger partial charge in [0.15, 0.2) is 5.58 Å². The second-order valence-electron chi connectivity index (χ2n) is 5.75. The topological polar surface area (TPSA) is 36.9 Å². The van der Waals surface area contributed by atoms with Gasteiger partial charge in [-0.1, -0.05) is 48.5 Å². The van der Waals surface area contributed by atoms with Crippen LogP contribution in [0.2, 0.25) is 0 Å². The molecule has 0 aliphatic rings. The second-order valence-corrected chi connectivity index (χ2v) is 5.75. The molecule has 0 amide bonds. The van der Waals surface area contributed by atoms with Gasteiger partial charge in [-0.2, -0.15) is 5.26 Å². The fraction of sp³-hybridized carbons (Fsp3) is 0. The molecule has 1 aromatic heterocycles. The number of hydrogen-bond donors (Lipinski definition) is 0. The molecule has 0 unspecified atom stereocenters. The first-order valence-corrected chi connectivity index (χ1v) is 7.52. The van der Waals surface area contributed by atoms with Crippen molar-refractivity contribution < 1.29 is 4.42 Å². The van der Waals surface area contributed by atoms with Gasteiger partial charge in [0.2, 0.25) is 0 Å². The van der Waals surface area contributed by atoms with Crippen molar-refractivity contribution in [2.45, 2.75) is 0 Å². The Bertz CT molecular complexity index is 1270. The van der Waals surface area contributed by atoms with Crippen LogP contribution in [0.15, 0.2) is 71.1 Å². The average molecular weight is 293 g/mol. The van der Waals surface area contributed by atoms with E-state index >= 15 is 0 Å². The highest BCUT2D eigenvalue weighted by Gasteiger charge is 2.12. The summed E-state index contributed by atoms with van der Waals surface area (Å²) in [6, 6.07) is 24.8. The van der Waals surface area contributed by atoms with Crippen molar-refractivity contribution in [1.82, 2.24) is 0 Å². The lowest BCUT2D eigenvalue weighted by Gasteiger charge is -2.03. The van der Waals surface area contributed by atoms with E-state index in [2.05, 4.69) is 48.5 Å². The molecule has 0 saturated carbocycles. The molecule has 0 saturated heterocycles. The summed E-state index contributed by atoms with van der Waals surface area (Å²) >= 11 is 0. The number of fused-ring (bicyclic) bond motifs is 6. The first kappa shape index (κ1) is 12.3.